The van der Waals surface area contributed by atoms with Crippen molar-refractivity contribution in [2.24, 2.45) is 0 Å². The van der Waals surface area contributed by atoms with Crippen molar-refractivity contribution in [1.82, 2.24) is 5.32 Å². The Balaban J connectivity index is 2.43. The smallest absolute Gasteiger partial charge is 0.319 e. The zero-order valence-corrected chi connectivity index (χ0v) is 11.7. The number of carbonyl (C=O) groups excluding carboxylic acids is 1. The molecule has 100 valence electrons. The first-order valence-corrected chi connectivity index (χ1v) is 7.27. The van der Waals surface area contributed by atoms with E-state index in [-0.39, 0.29) is 6.03 Å². The van der Waals surface area contributed by atoms with E-state index in [2.05, 4.69) is 17.6 Å². The highest BCUT2D eigenvalue weighted by molar-refractivity contribution is 7.99. The molecule has 1 rings (SSSR count). The van der Waals surface area contributed by atoms with E-state index in [1.54, 1.807) is 11.8 Å². The normalized spacial score (nSPS) is 9.89. The van der Waals surface area contributed by atoms with Gasteiger partial charge in [-0.15, -0.1) is 0 Å². The Hall–Kier alpha value is -1.36. The summed E-state index contributed by atoms with van der Waals surface area (Å²) in [5.74, 6) is 2.69. The summed E-state index contributed by atoms with van der Waals surface area (Å²) in [7, 11) is 0. The van der Waals surface area contributed by atoms with Crippen LogP contribution >= 0.6 is 11.8 Å². The molecule has 4 nitrogen and oxygen atoms in total. The van der Waals surface area contributed by atoms with E-state index in [0.717, 1.165) is 11.5 Å². The van der Waals surface area contributed by atoms with Crippen LogP contribution in [0, 0.1) is 0 Å². The monoisotopic (exact) mass is 268 g/mol. The van der Waals surface area contributed by atoms with Crippen molar-refractivity contribution in [2.75, 3.05) is 30.0 Å². The molecule has 0 aliphatic heterocycles. The minimum Gasteiger partial charge on any atom is -0.492 e. The van der Waals surface area contributed by atoms with Gasteiger partial charge in [0.25, 0.3) is 0 Å². The summed E-state index contributed by atoms with van der Waals surface area (Å²) in [6, 6.07) is 7.22. The number of carbonyl (C=O) groups is 1. The molecule has 2 N–H and O–H groups in total. The van der Waals surface area contributed by atoms with Gasteiger partial charge in [0.1, 0.15) is 5.75 Å². The third-order valence-electron chi connectivity index (χ3n) is 2.17. The third-order valence-corrected chi connectivity index (χ3v) is 3.07. The lowest BCUT2D eigenvalue weighted by Crippen LogP contribution is -2.30. The van der Waals surface area contributed by atoms with Gasteiger partial charge in [0, 0.05) is 12.3 Å². The second-order valence-corrected chi connectivity index (χ2v) is 4.90. The minimum atomic E-state index is -0.196. The fourth-order valence-corrected chi connectivity index (χ4v) is 1.93. The van der Waals surface area contributed by atoms with Crippen molar-refractivity contribution in [3.8, 4) is 5.75 Å². The fourth-order valence-electron chi connectivity index (χ4n) is 1.40. The number of anilines is 1. The van der Waals surface area contributed by atoms with Crippen LogP contribution in [-0.4, -0.2) is 30.7 Å². The molecule has 0 aromatic heterocycles. The number of rotatable bonds is 7. The van der Waals surface area contributed by atoms with Gasteiger partial charge >= 0.3 is 6.03 Å². The van der Waals surface area contributed by atoms with Gasteiger partial charge in [0.2, 0.25) is 0 Å². The lowest BCUT2D eigenvalue weighted by atomic mass is 10.3. The Labute approximate surface area is 112 Å². The molecule has 0 bridgehead atoms. The Morgan fingerprint density at radius 3 is 2.83 bits per heavy atom. The molecule has 0 radical (unpaired) electrons. The molecule has 0 aliphatic carbocycles. The van der Waals surface area contributed by atoms with Crippen LogP contribution in [0.1, 0.15) is 13.8 Å². The summed E-state index contributed by atoms with van der Waals surface area (Å²) < 4.78 is 5.43. The predicted octanol–water partition coefficient (Wildman–Crippen LogP) is 2.96. The van der Waals surface area contributed by atoms with Gasteiger partial charge in [-0.3, -0.25) is 0 Å². The van der Waals surface area contributed by atoms with Gasteiger partial charge in [-0.25, -0.2) is 4.79 Å². The molecule has 0 spiro atoms. The van der Waals surface area contributed by atoms with E-state index in [0.29, 0.717) is 24.6 Å². The molecule has 0 saturated heterocycles. The molecule has 0 fully saturated rings. The van der Waals surface area contributed by atoms with Crippen LogP contribution in [0.4, 0.5) is 10.5 Å². The summed E-state index contributed by atoms with van der Waals surface area (Å²) in [6.45, 7) is 5.26. The fraction of sp³-hybridized carbons (Fsp3) is 0.462. The molecule has 18 heavy (non-hydrogen) atoms. The van der Waals surface area contributed by atoms with E-state index in [4.69, 9.17) is 4.74 Å². The molecule has 0 heterocycles. The second kappa shape index (κ2) is 8.69. The molecule has 1 aromatic rings. The van der Waals surface area contributed by atoms with Crippen LogP contribution in [0.25, 0.3) is 0 Å². The SMILES string of the molecule is CCOc1ccccc1NC(=O)NCCSCC. The van der Waals surface area contributed by atoms with Gasteiger partial charge in [-0.2, -0.15) is 11.8 Å². The minimum absolute atomic E-state index is 0.196. The first kappa shape index (κ1) is 14.7. The molecule has 0 unspecified atom stereocenters. The zero-order chi connectivity index (χ0) is 13.2. The molecule has 2 amide bonds. The summed E-state index contributed by atoms with van der Waals surface area (Å²) in [5.41, 5.74) is 0.694. The average Bonchev–Trinajstić information content (AvgIpc) is 2.37. The largest absolute Gasteiger partial charge is 0.492 e. The topological polar surface area (TPSA) is 50.4 Å². The average molecular weight is 268 g/mol. The van der Waals surface area contributed by atoms with E-state index < -0.39 is 0 Å². The van der Waals surface area contributed by atoms with Crippen LogP contribution in [0.3, 0.4) is 0 Å². The van der Waals surface area contributed by atoms with E-state index >= 15 is 0 Å². The third kappa shape index (κ3) is 5.31. The lowest BCUT2D eigenvalue weighted by Gasteiger charge is -2.11. The van der Waals surface area contributed by atoms with Crippen molar-refractivity contribution in [1.29, 1.82) is 0 Å². The standard InChI is InChI=1S/C13H20N2O2S/c1-3-17-12-8-6-5-7-11(12)15-13(16)14-9-10-18-4-2/h5-8H,3-4,9-10H2,1-2H3,(H2,14,15,16). The maximum atomic E-state index is 11.6. The Morgan fingerprint density at radius 2 is 2.11 bits per heavy atom. The zero-order valence-electron chi connectivity index (χ0n) is 10.9. The number of thioether (sulfide) groups is 1. The van der Waals surface area contributed by atoms with Crippen molar-refractivity contribution in [3.63, 3.8) is 0 Å². The molecule has 1 aromatic carbocycles. The highest BCUT2D eigenvalue weighted by Gasteiger charge is 2.05. The number of benzene rings is 1. The lowest BCUT2D eigenvalue weighted by molar-refractivity contribution is 0.252. The number of urea groups is 1. The van der Waals surface area contributed by atoms with Crippen LogP contribution in [-0.2, 0) is 0 Å². The summed E-state index contributed by atoms with van der Waals surface area (Å²) in [5, 5.41) is 5.60. The van der Waals surface area contributed by atoms with Crippen molar-refractivity contribution in [2.45, 2.75) is 13.8 Å². The maximum absolute atomic E-state index is 11.6. The second-order valence-electron chi connectivity index (χ2n) is 3.51. The van der Waals surface area contributed by atoms with Gasteiger partial charge in [-0.05, 0) is 24.8 Å². The number of hydrogen-bond donors (Lipinski definition) is 2. The van der Waals surface area contributed by atoms with Gasteiger partial charge in [0.05, 0.1) is 12.3 Å². The number of nitrogens with one attached hydrogen (secondary N) is 2. The summed E-state index contributed by atoms with van der Waals surface area (Å²) in [4.78, 5) is 11.6. The Kier molecular flexibility index (Phi) is 7.10. The molecule has 5 heteroatoms. The molecule has 0 saturated carbocycles. The molecular formula is C13H20N2O2S. The molecular weight excluding hydrogens is 248 g/mol. The first-order valence-electron chi connectivity index (χ1n) is 6.12. The molecule has 0 aliphatic rings. The van der Waals surface area contributed by atoms with E-state index in [1.807, 2.05) is 31.2 Å². The number of amides is 2. The van der Waals surface area contributed by atoms with E-state index in [1.165, 1.54) is 0 Å². The first-order chi connectivity index (χ1) is 8.77. The Bertz CT molecular complexity index is 372. The van der Waals surface area contributed by atoms with E-state index in [9.17, 15) is 4.79 Å². The van der Waals surface area contributed by atoms with Crippen molar-refractivity contribution in [3.05, 3.63) is 24.3 Å². The highest BCUT2D eigenvalue weighted by Crippen LogP contribution is 2.23. The van der Waals surface area contributed by atoms with Crippen LogP contribution in [0.5, 0.6) is 5.75 Å². The van der Waals surface area contributed by atoms with Crippen LogP contribution < -0.4 is 15.4 Å². The van der Waals surface area contributed by atoms with Crippen molar-refractivity contribution >= 4 is 23.5 Å². The molecule has 0 atom stereocenters. The number of ether oxygens (including phenoxy) is 1. The number of hydrogen-bond acceptors (Lipinski definition) is 3. The van der Waals surface area contributed by atoms with Gasteiger partial charge in [0.15, 0.2) is 0 Å². The Morgan fingerprint density at radius 1 is 1.33 bits per heavy atom. The van der Waals surface area contributed by atoms with Gasteiger partial charge < -0.3 is 15.4 Å². The van der Waals surface area contributed by atoms with Crippen molar-refractivity contribution < 1.29 is 9.53 Å². The number of para-hydroxylation sites is 2. The van der Waals surface area contributed by atoms with Gasteiger partial charge in [-0.1, -0.05) is 19.1 Å². The maximum Gasteiger partial charge on any atom is 0.319 e. The quantitative estimate of drug-likeness (QED) is 0.747. The van der Waals surface area contributed by atoms with Crippen LogP contribution in [0.2, 0.25) is 0 Å². The predicted molar refractivity (Wildman–Crippen MR) is 77.6 cm³/mol. The summed E-state index contributed by atoms with van der Waals surface area (Å²) in [6.07, 6.45) is 0. The van der Waals surface area contributed by atoms with Crippen LogP contribution in [0.15, 0.2) is 24.3 Å². The summed E-state index contributed by atoms with van der Waals surface area (Å²) >= 11 is 1.80. The highest BCUT2D eigenvalue weighted by atomic mass is 32.2.